The first-order valence-electron chi connectivity index (χ1n) is 9.79. The fourth-order valence-electron chi connectivity index (χ4n) is 3.36. The minimum absolute atomic E-state index is 0.176. The van der Waals surface area contributed by atoms with Crippen LogP contribution in [0.3, 0.4) is 0 Å². The van der Waals surface area contributed by atoms with Gasteiger partial charge in [0.2, 0.25) is 15.9 Å². The highest BCUT2D eigenvalue weighted by molar-refractivity contribution is 7.89. The molecule has 0 aliphatic carbocycles. The summed E-state index contributed by atoms with van der Waals surface area (Å²) in [5.74, 6) is -0.684. The lowest BCUT2D eigenvalue weighted by atomic mass is 9.90. The summed E-state index contributed by atoms with van der Waals surface area (Å²) < 4.78 is 27.7. The Hall–Kier alpha value is -3.07. The van der Waals surface area contributed by atoms with E-state index in [1.54, 1.807) is 19.1 Å². The fourth-order valence-corrected chi connectivity index (χ4v) is 5.41. The summed E-state index contributed by atoms with van der Waals surface area (Å²) in [7, 11) is -3.56. The van der Waals surface area contributed by atoms with Gasteiger partial charge >= 0.3 is 0 Å². The Morgan fingerprint density at radius 1 is 0.968 bits per heavy atom. The maximum Gasteiger partial charge on any atom is 0.240 e. The Balaban J connectivity index is 1.64. The van der Waals surface area contributed by atoms with Gasteiger partial charge in [0.25, 0.3) is 0 Å². The van der Waals surface area contributed by atoms with Gasteiger partial charge in [-0.25, -0.2) is 18.1 Å². The molecule has 0 fully saturated rings. The number of carbonyl (C=O) groups excluding carboxylic acids is 1. The molecule has 1 aromatic heterocycles. The van der Waals surface area contributed by atoms with Gasteiger partial charge in [-0.15, -0.1) is 0 Å². The second kappa shape index (κ2) is 8.97. The largest absolute Gasteiger partial charge is 0.301 e. The molecule has 31 heavy (non-hydrogen) atoms. The quantitative estimate of drug-likeness (QED) is 0.437. The lowest BCUT2D eigenvalue weighted by Gasteiger charge is -2.16. The summed E-state index contributed by atoms with van der Waals surface area (Å²) in [6.45, 7) is 2.04. The van der Waals surface area contributed by atoms with Crippen molar-refractivity contribution in [1.29, 1.82) is 0 Å². The van der Waals surface area contributed by atoms with Gasteiger partial charge in [-0.3, -0.25) is 4.79 Å². The van der Waals surface area contributed by atoms with Crippen molar-refractivity contribution >= 4 is 42.6 Å². The number of rotatable bonds is 7. The number of hydrogen-bond donors (Lipinski definition) is 2. The van der Waals surface area contributed by atoms with E-state index in [2.05, 4.69) is 15.0 Å². The zero-order chi connectivity index (χ0) is 21.8. The van der Waals surface area contributed by atoms with Gasteiger partial charge in [0, 0.05) is 6.54 Å². The number of sulfonamides is 1. The van der Waals surface area contributed by atoms with Gasteiger partial charge in [0.15, 0.2) is 5.13 Å². The first kappa shape index (κ1) is 21.2. The van der Waals surface area contributed by atoms with Crippen molar-refractivity contribution < 1.29 is 13.2 Å². The van der Waals surface area contributed by atoms with E-state index >= 15 is 0 Å². The first-order chi connectivity index (χ1) is 15.0. The standard InChI is InChI=1S/C23H21N3O3S2/c1-2-24-31(28,29)18-13-14-19-20(15-18)30-23(25-19)26-22(27)21(16-9-5-3-6-10-16)17-11-7-4-8-12-17/h3-15,21,24H,2H2,1H3,(H,25,26,27). The van der Waals surface area contributed by atoms with Crippen molar-refractivity contribution in [1.82, 2.24) is 9.71 Å². The van der Waals surface area contributed by atoms with E-state index in [4.69, 9.17) is 0 Å². The van der Waals surface area contributed by atoms with E-state index in [1.807, 2.05) is 60.7 Å². The van der Waals surface area contributed by atoms with Crippen LogP contribution in [0.15, 0.2) is 83.8 Å². The number of fused-ring (bicyclic) bond motifs is 1. The highest BCUT2D eigenvalue weighted by atomic mass is 32.2. The van der Waals surface area contributed by atoms with Gasteiger partial charge in [-0.1, -0.05) is 78.9 Å². The van der Waals surface area contributed by atoms with Crippen molar-refractivity contribution in [2.75, 3.05) is 11.9 Å². The van der Waals surface area contributed by atoms with Crippen LogP contribution in [0, 0.1) is 0 Å². The van der Waals surface area contributed by atoms with E-state index in [9.17, 15) is 13.2 Å². The predicted molar refractivity (Wildman–Crippen MR) is 124 cm³/mol. The van der Waals surface area contributed by atoms with Crippen LogP contribution in [0.1, 0.15) is 24.0 Å². The molecule has 0 unspecified atom stereocenters. The number of carbonyl (C=O) groups is 1. The van der Waals surface area contributed by atoms with E-state index in [0.717, 1.165) is 11.1 Å². The lowest BCUT2D eigenvalue weighted by Crippen LogP contribution is -2.22. The molecule has 4 rings (SSSR count). The van der Waals surface area contributed by atoms with E-state index in [1.165, 1.54) is 17.4 Å². The minimum atomic E-state index is -3.56. The van der Waals surface area contributed by atoms with Crippen molar-refractivity contribution in [3.8, 4) is 0 Å². The SMILES string of the molecule is CCNS(=O)(=O)c1ccc2nc(NC(=O)C(c3ccccc3)c3ccccc3)sc2c1. The minimum Gasteiger partial charge on any atom is -0.301 e. The molecule has 158 valence electrons. The fraction of sp³-hybridized carbons (Fsp3) is 0.130. The molecular formula is C23H21N3O3S2. The molecule has 0 radical (unpaired) electrons. The highest BCUT2D eigenvalue weighted by Gasteiger charge is 2.24. The zero-order valence-corrected chi connectivity index (χ0v) is 18.4. The van der Waals surface area contributed by atoms with E-state index < -0.39 is 15.9 Å². The molecule has 3 aromatic carbocycles. The van der Waals surface area contributed by atoms with Crippen LogP contribution in [0.5, 0.6) is 0 Å². The summed E-state index contributed by atoms with van der Waals surface area (Å²) >= 11 is 1.25. The van der Waals surface area contributed by atoms with Gasteiger partial charge in [-0.05, 0) is 29.3 Å². The Kier molecular flexibility index (Phi) is 6.13. The van der Waals surface area contributed by atoms with Crippen molar-refractivity contribution in [2.24, 2.45) is 0 Å². The maximum atomic E-state index is 13.3. The molecule has 8 heteroatoms. The molecule has 1 heterocycles. The summed E-state index contributed by atoms with van der Waals surface area (Å²) in [6.07, 6.45) is 0. The molecular weight excluding hydrogens is 430 g/mol. The number of thiazole rings is 1. The average molecular weight is 452 g/mol. The van der Waals surface area contributed by atoms with Crippen LogP contribution in [-0.2, 0) is 14.8 Å². The summed E-state index contributed by atoms with van der Waals surface area (Å²) in [5.41, 5.74) is 2.39. The van der Waals surface area contributed by atoms with Crippen molar-refractivity contribution in [3.63, 3.8) is 0 Å². The summed E-state index contributed by atoms with van der Waals surface area (Å²) in [4.78, 5) is 17.9. The van der Waals surface area contributed by atoms with Gasteiger partial charge in [0.05, 0.1) is 21.0 Å². The Morgan fingerprint density at radius 3 is 2.16 bits per heavy atom. The van der Waals surface area contributed by atoms with E-state index in [-0.39, 0.29) is 10.8 Å². The topological polar surface area (TPSA) is 88.2 Å². The smallest absolute Gasteiger partial charge is 0.240 e. The molecule has 6 nitrogen and oxygen atoms in total. The molecule has 0 aliphatic rings. The molecule has 0 bridgehead atoms. The number of hydrogen-bond acceptors (Lipinski definition) is 5. The van der Waals surface area contributed by atoms with Crippen LogP contribution in [-0.4, -0.2) is 25.9 Å². The molecule has 0 spiro atoms. The molecule has 4 aromatic rings. The van der Waals surface area contributed by atoms with Crippen LogP contribution >= 0.6 is 11.3 Å². The number of benzene rings is 3. The Morgan fingerprint density at radius 2 is 1.58 bits per heavy atom. The van der Waals surface area contributed by atoms with Crippen molar-refractivity contribution in [2.45, 2.75) is 17.7 Å². The number of nitrogens with one attached hydrogen (secondary N) is 2. The van der Waals surface area contributed by atoms with Gasteiger partial charge in [0.1, 0.15) is 0 Å². The molecule has 0 saturated carbocycles. The summed E-state index contributed by atoms with van der Waals surface area (Å²) in [6, 6.07) is 23.9. The highest BCUT2D eigenvalue weighted by Crippen LogP contribution is 2.31. The Labute approximate surface area is 185 Å². The second-order valence-electron chi connectivity index (χ2n) is 6.89. The van der Waals surface area contributed by atoms with E-state index in [0.29, 0.717) is 21.9 Å². The number of anilines is 1. The average Bonchev–Trinajstić information content (AvgIpc) is 3.17. The third-order valence-electron chi connectivity index (χ3n) is 4.76. The van der Waals surface area contributed by atoms with Gasteiger partial charge in [-0.2, -0.15) is 0 Å². The second-order valence-corrected chi connectivity index (χ2v) is 9.69. The third kappa shape index (κ3) is 4.66. The Bertz CT molecular complexity index is 1260. The lowest BCUT2D eigenvalue weighted by molar-refractivity contribution is -0.116. The van der Waals surface area contributed by atoms with Gasteiger partial charge < -0.3 is 5.32 Å². The monoisotopic (exact) mass is 451 g/mol. The molecule has 2 N–H and O–H groups in total. The molecule has 1 amide bonds. The van der Waals surface area contributed by atoms with Crippen LogP contribution in [0.2, 0.25) is 0 Å². The summed E-state index contributed by atoms with van der Waals surface area (Å²) in [5, 5.41) is 3.34. The normalized spacial score (nSPS) is 11.7. The number of aromatic nitrogens is 1. The zero-order valence-electron chi connectivity index (χ0n) is 16.8. The first-order valence-corrected chi connectivity index (χ1v) is 12.1. The predicted octanol–water partition coefficient (Wildman–Crippen LogP) is 4.37. The third-order valence-corrected chi connectivity index (χ3v) is 7.24. The molecule has 0 aliphatic heterocycles. The van der Waals surface area contributed by atoms with Crippen LogP contribution in [0.4, 0.5) is 5.13 Å². The van der Waals surface area contributed by atoms with Crippen LogP contribution < -0.4 is 10.0 Å². The molecule has 0 atom stereocenters. The maximum absolute atomic E-state index is 13.3. The van der Waals surface area contributed by atoms with Crippen molar-refractivity contribution in [3.05, 3.63) is 90.0 Å². The van der Waals surface area contributed by atoms with Crippen LogP contribution in [0.25, 0.3) is 10.2 Å². The number of nitrogens with zero attached hydrogens (tertiary/aromatic N) is 1. The molecule has 0 saturated heterocycles. The number of amides is 1.